The third-order valence-electron chi connectivity index (χ3n) is 7.76. The zero-order valence-corrected chi connectivity index (χ0v) is 26.1. The highest BCUT2D eigenvalue weighted by atomic mass is 32.2. The normalized spacial score (nSPS) is 19.7. The van der Waals surface area contributed by atoms with Crippen LogP contribution < -0.4 is 10.2 Å². The number of aryl methyl sites for hydroxylation is 1. The van der Waals surface area contributed by atoms with Crippen molar-refractivity contribution in [3.05, 3.63) is 23.3 Å². The molecule has 0 amide bonds. The van der Waals surface area contributed by atoms with E-state index in [9.17, 15) is 13.2 Å². The Hall–Kier alpha value is -2.80. The molecule has 0 bridgehead atoms. The van der Waals surface area contributed by atoms with Crippen LogP contribution in [0.5, 0.6) is 0 Å². The van der Waals surface area contributed by atoms with Gasteiger partial charge in [-0.3, -0.25) is 9.89 Å². The molecule has 2 N–H and O–H groups in total. The van der Waals surface area contributed by atoms with Gasteiger partial charge in [0.25, 0.3) is 0 Å². The molecule has 11 nitrogen and oxygen atoms in total. The summed E-state index contributed by atoms with van der Waals surface area (Å²) in [6, 6.07) is 1.32. The van der Waals surface area contributed by atoms with Crippen LogP contribution >= 0.6 is 0 Å². The topological polar surface area (TPSA) is 133 Å². The van der Waals surface area contributed by atoms with Gasteiger partial charge in [0, 0.05) is 43.4 Å². The van der Waals surface area contributed by atoms with Crippen LogP contribution in [0.4, 0.5) is 22.0 Å². The molecule has 0 spiro atoms. The summed E-state index contributed by atoms with van der Waals surface area (Å²) in [6.07, 6.45) is 6.58. The predicted octanol–water partition coefficient (Wildman–Crippen LogP) is 5.21. The molecule has 0 radical (unpaired) electrons. The van der Waals surface area contributed by atoms with E-state index in [4.69, 9.17) is 4.74 Å². The molecule has 13 heteroatoms. The molecule has 0 saturated carbocycles. The molecule has 0 aromatic carbocycles. The number of carbonyl (C=O) groups is 1. The molecule has 1 fully saturated rings. The Labute approximate surface area is 243 Å². The van der Waals surface area contributed by atoms with Crippen LogP contribution in [0.2, 0.25) is 0 Å². The lowest BCUT2D eigenvalue weighted by atomic mass is 9.90. The highest BCUT2D eigenvalue weighted by Gasteiger charge is 2.41. The maximum absolute atomic E-state index is 15.6. The second-order valence-corrected chi connectivity index (χ2v) is 12.9. The summed E-state index contributed by atoms with van der Waals surface area (Å²) in [5.41, 5.74) is 0.755. The van der Waals surface area contributed by atoms with E-state index in [1.54, 1.807) is 17.3 Å². The van der Waals surface area contributed by atoms with Crippen molar-refractivity contribution in [2.75, 3.05) is 23.0 Å². The van der Waals surface area contributed by atoms with Crippen molar-refractivity contribution in [3.8, 4) is 0 Å². The molecule has 230 valence electrons. The first-order valence-corrected chi connectivity index (χ1v) is 16.4. The third-order valence-corrected chi connectivity index (χ3v) is 9.73. The van der Waals surface area contributed by atoms with Crippen molar-refractivity contribution in [1.82, 2.24) is 24.5 Å². The molecule has 0 unspecified atom stereocenters. The molecule has 3 heterocycles. The minimum atomic E-state index is -3.37. The first kappa shape index (κ1) is 32.7. The van der Waals surface area contributed by atoms with Gasteiger partial charge in [0.2, 0.25) is 16.0 Å². The number of aromatic amines is 1. The fourth-order valence-electron chi connectivity index (χ4n) is 5.34. The average Bonchev–Trinajstić information content (AvgIpc) is 3.38. The number of anilines is 3. The van der Waals surface area contributed by atoms with Crippen LogP contribution in [-0.4, -0.2) is 69.8 Å². The van der Waals surface area contributed by atoms with Gasteiger partial charge in [-0.15, -0.1) is 0 Å². The van der Waals surface area contributed by atoms with Crippen molar-refractivity contribution >= 4 is 33.6 Å². The number of carbonyl (C=O) groups excluding carboxylic acids is 1. The number of sulfonamides is 1. The van der Waals surface area contributed by atoms with Crippen LogP contribution in [0, 0.1) is 12.7 Å². The van der Waals surface area contributed by atoms with E-state index in [0.29, 0.717) is 31.5 Å². The minimum absolute atomic E-state index is 0.0383. The SMILES string of the molecule is CCCCCCC(=O)OCc1nc(N(C)[C@@H]2C[C@@H](CC)N(S(=O)(=O)CC)[C@@H](CC)C2)nc(Nc2cc(C)[nH]n2)c1F. The molecule has 2 aromatic heterocycles. The van der Waals surface area contributed by atoms with Gasteiger partial charge in [0.15, 0.2) is 17.5 Å². The number of halogens is 1. The van der Waals surface area contributed by atoms with E-state index in [1.807, 2.05) is 32.7 Å². The van der Waals surface area contributed by atoms with E-state index >= 15 is 4.39 Å². The maximum atomic E-state index is 15.6. The van der Waals surface area contributed by atoms with Gasteiger partial charge in [-0.1, -0.05) is 40.0 Å². The number of hydrogen-bond donors (Lipinski definition) is 2. The van der Waals surface area contributed by atoms with E-state index in [1.165, 1.54) is 0 Å². The first-order chi connectivity index (χ1) is 19.5. The summed E-state index contributed by atoms with van der Waals surface area (Å²) < 4.78 is 48.6. The number of nitrogens with one attached hydrogen (secondary N) is 2. The summed E-state index contributed by atoms with van der Waals surface area (Å²) in [5.74, 6) is -0.480. The van der Waals surface area contributed by atoms with Crippen LogP contribution in [0.3, 0.4) is 0 Å². The smallest absolute Gasteiger partial charge is 0.306 e. The summed E-state index contributed by atoms with van der Waals surface area (Å²) in [6.45, 7) is 9.27. The molecule has 1 saturated heterocycles. The lowest BCUT2D eigenvalue weighted by Gasteiger charge is -2.46. The molecular weight excluding hydrogens is 549 g/mol. The number of H-pyrrole nitrogens is 1. The fraction of sp³-hybridized carbons (Fsp3) is 0.714. The Balaban J connectivity index is 1.88. The minimum Gasteiger partial charge on any atom is -0.459 e. The van der Waals surface area contributed by atoms with Crippen molar-refractivity contribution in [2.24, 2.45) is 0 Å². The van der Waals surface area contributed by atoms with Crippen LogP contribution in [-0.2, 0) is 26.2 Å². The quantitative estimate of drug-likeness (QED) is 0.210. The standard InChI is InChI=1S/C28H46FN7O4S/c1-7-11-12-13-14-25(37)40-18-23-26(29)27(31-24-15-19(5)33-34-24)32-28(30-23)35(6)22-16-20(8-2)36(21(9-3)17-22)41(38,39)10-4/h15,20-22H,7-14,16-18H2,1-6H3,(H2,30,31,32,33,34)/t20-,21+,22-. The van der Waals surface area contributed by atoms with Crippen LogP contribution in [0.15, 0.2) is 6.07 Å². The third kappa shape index (κ3) is 8.37. The van der Waals surface area contributed by atoms with Gasteiger partial charge in [0.1, 0.15) is 12.3 Å². The van der Waals surface area contributed by atoms with Gasteiger partial charge in [-0.05, 0) is 46.0 Å². The van der Waals surface area contributed by atoms with E-state index < -0.39 is 21.8 Å². The Bertz CT molecular complexity index is 1240. The Kier molecular flexibility index (Phi) is 11.9. The zero-order chi connectivity index (χ0) is 30.2. The van der Waals surface area contributed by atoms with Crippen LogP contribution in [0.25, 0.3) is 0 Å². The number of piperidine rings is 1. The molecule has 0 aliphatic carbocycles. The molecule has 3 rings (SSSR count). The fourth-order valence-corrected chi connectivity index (χ4v) is 7.02. The Morgan fingerprint density at radius 3 is 2.39 bits per heavy atom. The highest BCUT2D eigenvalue weighted by molar-refractivity contribution is 7.89. The number of nitrogens with zero attached hydrogens (tertiary/aromatic N) is 5. The Morgan fingerprint density at radius 2 is 1.83 bits per heavy atom. The lowest BCUT2D eigenvalue weighted by molar-refractivity contribution is -0.145. The Morgan fingerprint density at radius 1 is 1.15 bits per heavy atom. The zero-order valence-electron chi connectivity index (χ0n) is 25.2. The maximum Gasteiger partial charge on any atom is 0.306 e. The van der Waals surface area contributed by atoms with Crippen molar-refractivity contribution in [2.45, 2.75) is 117 Å². The summed E-state index contributed by atoms with van der Waals surface area (Å²) in [5, 5.41) is 9.86. The molecule has 41 heavy (non-hydrogen) atoms. The van der Waals surface area contributed by atoms with Crippen molar-refractivity contribution < 1.29 is 22.3 Å². The highest BCUT2D eigenvalue weighted by Crippen LogP contribution is 2.34. The largest absolute Gasteiger partial charge is 0.459 e. The lowest BCUT2D eigenvalue weighted by Crippen LogP contribution is -2.56. The molecule has 1 aliphatic heterocycles. The van der Waals surface area contributed by atoms with Gasteiger partial charge in [-0.2, -0.15) is 14.4 Å². The van der Waals surface area contributed by atoms with Crippen molar-refractivity contribution in [3.63, 3.8) is 0 Å². The van der Waals surface area contributed by atoms with E-state index in [-0.39, 0.29) is 54.4 Å². The molecule has 3 atom stereocenters. The number of aromatic nitrogens is 4. The second kappa shape index (κ2) is 14.9. The van der Waals surface area contributed by atoms with Crippen molar-refractivity contribution in [1.29, 1.82) is 0 Å². The molecule has 1 aliphatic rings. The summed E-state index contributed by atoms with van der Waals surface area (Å²) in [7, 11) is -1.53. The van der Waals surface area contributed by atoms with Crippen LogP contribution in [0.1, 0.15) is 96.9 Å². The number of ether oxygens (including phenoxy) is 1. The average molecular weight is 596 g/mol. The number of rotatable bonds is 15. The second-order valence-electron chi connectivity index (χ2n) is 10.8. The number of hydrogen-bond acceptors (Lipinski definition) is 9. The number of esters is 1. The predicted molar refractivity (Wildman–Crippen MR) is 158 cm³/mol. The summed E-state index contributed by atoms with van der Waals surface area (Å²) in [4.78, 5) is 23.2. The first-order valence-electron chi connectivity index (χ1n) is 14.8. The number of unbranched alkanes of at least 4 members (excludes halogenated alkanes) is 3. The van der Waals surface area contributed by atoms with E-state index in [2.05, 4.69) is 32.4 Å². The van der Waals surface area contributed by atoms with Gasteiger partial charge < -0.3 is 15.0 Å². The molecular formula is C28H46FN7O4S. The van der Waals surface area contributed by atoms with Gasteiger partial charge in [-0.25, -0.2) is 17.8 Å². The van der Waals surface area contributed by atoms with E-state index in [0.717, 1.165) is 31.4 Å². The molecule has 2 aromatic rings. The summed E-state index contributed by atoms with van der Waals surface area (Å²) >= 11 is 0. The monoisotopic (exact) mass is 595 g/mol. The van der Waals surface area contributed by atoms with Gasteiger partial charge >= 0.3 is 5.97 Å². The van der Waals surface area contributed by atoms with Gasteiger partial charge in [0.05, 0.1) is 5.75 Å².